The molecular weight excluding hydrogens is 472 g/mol. The van der Waals surface area contributed by atoms with Gasteiger partial charge in [-0.3, -0.25) is 14.4 Å². The minimum atomic E-state index is -4.23. The fraction of sp³-hybridized carbons (Fsp3) is 0.192. The summed E-state index contributed by atoms with van der Waals surface area (Å²) in [6.45, 7) is 12.5. The van der Waals surface area contributed by atoms with E-state index in [-0.39, 0.29) is 22.6 Å². The van der Waals surface area contributed by atoms with Crippen molar-refractivity contribution in [1.82, 2.24) is 9.88 Å². The van der Waals surface area contributed by atoms with Crippen LogP contribution < -0.4 is 25.7 Å². The number of fused-ring (bicyclic) bond motifs is 1. The molecule has 1 aromatic heterocycles. The molecule has 1 aromatic carbocycles. The van der Waals surface area contributed by atoms with Gasteiger partial charge in [0.2, 0.25) is 11.7 Å². The predicted octanol–water partition coefficient (Wildman–Crippen LogP) is 4.11. The third-order valence-electron chi connectivity index (χ3n) is 5.30. The highest BCUT2D eigenvalue weighted by molar-refractivity contribution is 6.02. The number of halogens is 2. The average Bonchev–Trinajstić information content (AvgIpc) is 2.81. The van der Waals surface area contributed by atoms with Crippen molar-refractivity contribution in [2.24, 2.45) is 7.05 Å². The Morgan fingerprint density at radius 2 is 1.83 bits per heavy atom. The summed E-state index contributed by atoms with van der Waals surface area (Å²) in [5.74, 6) is -2.28. The van der Waals surface area contributed by atoms with Gasteiger partial charge in [-0.05, 0) is 50.1 Å². The van der Waals surface area contributed by atoms with Gasteiger partial charge >= 0.3 is 12.0 Å². The van der Waals surface area contributed by atoms with Gasteiger partial charge in [0.25, 0.3) is 5.56 Å². The lowest BCUT2D eigenvalue weighted by molar-refractivity contribution is -0.189. The number of amides is 2. The number of aromatic nitrogens is 1. The highest BCUT2D eigenvalue weighted by Crippen LogP contribution is 2.40. The molecule has 8 nitrogen and oxygen atoms in total. The first-order valence-corrected chi connectivity index (χ1v) is 10.7. The van der Waals surface area contributed by atoms with Crippen LogP contribution in [0.15, 0.2) is 72.0 Å². The normalized spacial score (nSPS) is 15.1. The number of aryl methyl sites for hydroxylation is 3. The number of alkyl halides is 2. The van der Waals surface area contributed by atoms with E-state index in [4.69, 9.17) is 4.74 Å². The van der Waals surface area contributed by atoms with E-state index in [1.807, 2.05) is 32.0 Å². The van der Waals surface area contributed by atoms with Crippen LogP contribution in [-0.2, 0) is 16.6 Å². The number of para-hydroxylation sites is 1. The molecule has 1 aliphatic rings. The maximum atomic E-state index is 14.0. The van der Waals surface area contributed by atoms with Crippen molar-refractivity contribution in [1.29, 1.82) is 0 Å². The average molecular weight is 497 g/mol. The summed E-state index contributed by atoms with van der Waals surface area (Å²) in [7, 11) is 1.34. The molecule has 0 saturated carbocycles. The SMILES string of the molecule is C=CC(=O)N/C(C)=C/C(=C(\C=C)Oc1c(C)cccc1C)c1cn(C)c(=O)c2c1NC(=O)C(F)(F)O2. The number of carbonyl (C=O) groups is 2. The molecule has 0 atom stereocenters. The standard InChI is InChI=1S/C26H25F2N3O5/c1-7-19(35-22-14(3)10-9-11-15(22)4)17(12-16(5)29-20(32)8-2)18-13-31(6)24(33)23-21(18)30-25(34)26(27,28)36-23/h7-13H,1-2H2,3-6H3,(H,29,32)(H,30,34)/b16-12+,19-17-. The second kappa shape index (κ2) is 10.0. The van der Waals surface area contributed by atoms with Crippen molar-refractivity contribution >= 4 is 23.1 Å². The van der Waals surface area contributed by atoms with E-state index in [1.54, 1.807) is 6.92 Å². The third-order valence-corrected chi connectivity index (χ3v) is 5.30. The van der Waals surface area contributed by atoms with Gasteiger partial charge in [-0.15, -0.1) is 0 Å². The quantitative estimate of drug-likeness (QED) is 0.341. The first-order chi connectivity index (χ1) is 16.9. The monoisotopic (exact) mass is 497 g/mol. The Balaban J connectivity index is 2.35. The predicted molar refractivity (Wildman–Crippen MR) is 132 cm³/mol. The van der Waals surface area contributed by atoms with Crippen LogP contribution in [0.25, 0.3) is 5.57 Å². The van der Waals surface area contributed by atoms with E-state index in [0.717, 1.165) is 21.8 Å². The number of nitrogens with one attached hydrogen (secondary N) is 2. The molecule has 0 saturated heterocycles. The summed E-state index contributed by atoms with van der Waals surface area (Å²) < 4.78 is 39.8. The maximum absolute atomic E-state index is 14.0. The number of pyridine rings is 1. The van der Waals surface area contributed by atoms with Crippen LogP contribution in [0.2, 0.25) is 0 Å². The number of benzene rings is 1. The molecule has 0 fully saturated rings. The summed E-state index contributed by atoms with van der Waals surface area (Å²) in [5, 5.41) is 4.67. The van der Waals surface area contributed by atoms with E-state index < -0.39 is 29.2 Å². The van der Waals surface area contributed by atoms with Crippen molar-refractivity contribution in [3.8, 4) is 11.5 Å². The summed E-state index contributed by atoms with van der Waals surface area (Å²) >= 11 is 0. The highest BCUT2D eigenvalue weighted by Gasteiger charge is 2.48. The first kappa shape index (κ1) is 26.1. The molecule has 2 N–H and O–H groups in total. The molecule has 10 heteroatoms. The van der Waals surface area contributed by atoms with Gasteiger partial charge in [-0.2, -0.15) is 8.78 Å². The van der Waals surface area contributed by atoms with E-state index >= 15 is 0 Å². The van der Waals surface area contributed by atoms with Crippen LogP contribution in [0, 0.1) is 13.8 Å². The molecule has 2 aromatic rings. The number of anilines is 1. The third kappa shape index (κ3) is 5.12. The molecule has 3 rings (SSSR count). The molecule has 0 spiro atoms. The molecule has 36 heavy (non-hydrogen) atoms. The number of ether oxygens (including phenoxy) is 2. The molecule has 0 unspecified atom stereocenters. The summed E-state index contributed by atoms with van der Waals surface area (Å²) in [5.41, 5.74) is 1.13. The van der Waals surface area contributed by atoms with Crippen LogP contribution >= 0.6 is 0 Å². The molecule has 0 bridgehead atoms. The van der Waals surface area contributed by atoms with E-state index in [9.17, 15) is 23.2 Å². The van der Waals surface area contributed by atoms with E-state index in [0.29, 0.717) is 11.4 Å². The molecule has 2 heterocycles. The van der Waals surface area contributed by atoms with Crippen LogP contribution in [0.3, 0.4) is 0 Å². The Bertz CT molecular complexity index is 1380. The molecule has 1 aliphatic heterocycles. The second-order valence-corrected chi connectivity index (χ2v) is 8.06. The van der Waals surface area contributed by atoms with E-state index in [2.05, 4.69) is 28.5 Å². The Morgan fingerprint density at radius 1 is 1.19 bits per heavy atom. The van der Waals surface area contributed by atoms with Crippen molar-refractivity contribution < 1.29 is 27.8 Å². The number of hydrogen-bond donors (Lipinski definition) is 2. The van der Waals surface area contributed by atoms with Gasteiger partial charge in [0.15, 0.2) is 0 Å². The molecule has 0 radical (unpaired) electrons. The number of nitrogens with zero attached hydrogens (tertiary/aromatic N) is 1. The minimum absolute atomic E-state index is 0.115. The number of carbonyl (C=O) groups excluding carboxylic acids is 2. The van der Waals surface area contributed by atoms with Crippen LogP contribution in [-0.4, -0.2) is 22.5 Å². The topological polar surface area (TPSA) is 98.7 Å². The number of rotatable bonds is 7. The minimum Gasteiger partial charge on any atom is -0.456 e. The zero-order valence-corrected chi connectivity index (χ0v) is 20.2. The first-order valence-electron chi connectivity index (χ1n) is 10.7. The van der Waals surface area contributed by atoms with Crippen LogP contribution in [0.5, 0.6) is 11.5 Å². The zero-order valence-electron chi connectivity index (χ0n) is 20.2. The largest absolute Gasteiger partial charge is 0.482 e. The van der Waals surface area contributed by atoms with E-state index in [1.165, 1.54) is 25.4 Å². The smallest absolute Gasteiger partial charge is 0.456 e. The van der Waals surface area contributed by atoms with Crippen molar-refractivity contribution in [3.05, 3.63) is 94.3 Å². The highest BCUT2D eigenvalue weighted by atomic mass is 19.3. The van der Waals surface area contributed by atoms with Gasteiger partial charge in [0.05, 0.1) is 5.69 Å². The Kier molecular flexibility index (Phi) is 7.28. The van der Waals surface area contributed by atoms with Gasteiger partial charge in [0, 0.05) is 30.1 Å². The summed E-state index contributed by atoms with van der Waals surface area (Å²) in [6, 6.07) is 5.55. The fourth-order valence-electron chi connectivity index (χ4n) is 3.55. The molecular formula is C26H25F2N3O5. The molecule has 2 amide bonds. The lowest BCUT2D eigenvalue weighted by Crippen LogP contribution is -2.46. The Morgan fingerprint density at radius 3 is 2.42 bits per heavy atom. The number of hydrogen-bond acceptors (Lipinski definition) is 5. The van der Waals surface area contributed by atoms with Gasteiger partial charge < -0.3 is 24.7 Å². The van der Waals surface area contributed by atoms with Gasteiger partial charge in [-0.25, -0.2) is 0 Å². The van der Waals surface area contributed by atoms with Crippen LogP contribution in [0.1, 0.15) is 23.6 Å². The Hall–Kier alpha value is -4.47. The lowest BCUT2D eigenvalue weighted by atomic mass is 10.0. The second-order valence-electron chi connectivity index (χ2n) is 8.06. The lowest BCUT2D eigenvalue weighted by Gasteiger charge is -2.27. The zero-order chi connectivity index (χ0) is 26.8. The maximum Gasteiger partial charge on any atom is 0.482 e. The van der Waals surface area contributed by atoms with Gasteiger partial charge in [0.1, 0.15) is 11.5 Å². The van der Waals surface area contributed by atoms with Crippen molar-refractivity contribution in [3.63, 3.8) is 0 Å². The van der Waals surface area contributed by atoms with Crippen molar-refractivity contribution in [2.75, 3.05) is 5.32 Å². The van der Waals surface area contributed by atoms with Crippen molar-refractivity contribution in [2.45, 2.75) is 26.9 Å². The van der Waals surface area contributed by atoms with Crippen LogP contribution in [0.4, 0.5) is 14.5 Å². The summed E-state index contributed by atoms with van der Waals surface area (Å²) in [4.78, 5) is 36.5. The molecule has 0 aliphatic carbocycles. The molecule has 188 valence electrons. The fourth-order valence-corrected chi connectivity index (χ4v) is 3.55. The summed E-state index contributed by atoms with van der Waals surface area (Å²) in [6.07, 6.45) is 1.05. The Labute approximate surface area is 206 Å². The van der Waals surface area contributed by atoms with Gasteiger partial charge in [-0.1, -0.05) is 31.4 Å². The number of allylic oxidation sites excluding steroid dienone is 4.